The Labute approximate surface area is 96.3 Å². The lowest BCUT2D eigenvalue weighted by molar-refractivity contribution is 1.23. The molecular formula is C10H7Cl2NS. The summed E-state index contributed by atoms with van der Waals surface area (Å²) in [6, 6.07) is 0. The van der Waals surface area contributed by atoms with Gasteiger partial charge in [-0.15, -0.1) is 11.3 Å². The van der Waals surface area contributed by atoms with Crippen molar-refractivity contribution in [2.45, 2.75) is 0 Å². The van der Waals surface area contributed by atoms with E-state index in [1.165, 1.54) is 11.3 Å². The first-order chi connectivity index (χ1) is 6.79. The maximum Gasteiger partial charge on any atom is 0.112 e. The number of nitrogens with one attached hydrogen (secondary N) is 1. The highest BCUT2D eigenvalue weighted by Gasteiger charge is 2.10. The van der Waals surface area contributed by atoms with Crippen LogP contribution in [0.15, 0.2) is 35.9 Å². The molecule has 1 aliphatic rings. The number of thiophene rings is 1. The Morgan fingerprint density at radius 3 is 2.71 bits per heavy atom. The van der Waals surface area contributed by atoms with Gasteiger partial charge in [-0.3, -0.25) is 0 Å². The molecule has 1 aliphatic heterocycles. The summed E-state index contributed by atoms with van der Waals surface area (Å²) in [6.07, 6.45) is 9.64. The van der Waals surface area contributed by atoms with E-state index in [2.05, 4.69) is 5.32 Å². The van der Waals surface area contributed by atoms with Crippen molar-refractivity contribution in [2.24, 2.45) is 0 Å². The van der Waals surface area contributed by atoms with Gasteiger partial charge in [0, 0.05) is 22.8 Å². The molecule has 2 heterocycles. The van der Waals surface area contributed by atoms with Crippen LogP contribution in [0, 0.1) is 0 Å². The largest absolute Gasteiger partial charge is 0.361 e. The molecule has 14 heavy (non-hydrogen) atoms. The van der Waals surface area contributed by atoms with Gasteiger partial charge < -0.3 is 5.32 Å². The van der Waals surface area contributed by atoms with Crippen LogP contribution in [0.3, 0.4) is 0 Å². The topological polar surface area (TPSA) is 12.0 Å². The van der Waals surface area contributed by atoms with E-state index in [4.69, 9.17) is 23.2 Å². The molecule has 2 rings (SSSR count). The van der Waals surface area contributed by atoms with Gasteiger partial charge >= 0.3 is 0 Å². The molecule has 0 bridgehead atoms. The zero-order chi connectivity index (χ0) is 9.97. The van der Waals surface area contributed by atoms with Crippen LogP contribution < -0.4 is 5.32 Å². The molecule has 0 spiro atoms. The summed E-state index contributed by atoms with van der Waals surface area (Å²) in [5.74, 6) is 0. The van der Waals surface area contributed by atoms with Gasteiger partial charge in [0.2, 0.25) is 0 Å². The maximum atomic E-state index is 6.04. The lowest BCUT2D eigenvalue weighted by Crippen LogP contribution is -2.01. The highest BCUT2D eigenvalue weighted by molar-refractivity contribution is 7.15. The summed E-state index contributed by atoms with van der Waals surface area (Å²) in [5, 5.41) is 5.68. The van der Waals surface area contributed by atoms with Gasteiger partial charge in [-0.2, -0.15) is 0 Å². The lowest BCUT2D eigenvalue weighted by atomic mass is 10.2. The van der Waals surface area contributed by atoms with Gasteiger partial charge in [-0.05, 0) is 12.2 Å². The van der Waals surface area contributed by atoms with Gasteiger partial charge in [-0.1, -0.05) is 35.4 Å². The summed E-state index contributed by atoms with van der Waals surface area (Å²) in [4.78, 5) is 0. The second kappa shape index (κ2) is 4.22. The van der Waals surface area contributed by atoms with E-state index in [0.717, 1.165) is 11.3 Å². The zero-order valence-electron chi connectivity index (χ0n) is 7.13. The first kappa shape index (κ1) is 9.84. The Hall–Kier alpha value is -0.700. The smallest absolute Gasteiger partial charge is 0.112 e. The Bertz CT molecular complexity index is 429. The molecule has 0 fully saturated rings. The van der Waals surface area contributed by atoms with Crippen molar-refractivity contribution < 1.29 is 0 Å². The fraction of sp³-hybridized carbons (Fsp3) is 0. The van der Waals surface area contributed by atoms with E-state index in [9.17, 15) is 0 Å². The minimum Gasteiger partial charge on any atom is -0.361 e. The summed E-state index contributed by atoms with van der Waals surface area (Å²) in [5.41, 5.74) is 1.90. The summed E-state index contributed by atoms with van der Waals surface area (Å²) >= 11 is 13.4. The molecule has 0 saturated heterocycles. The van der Waals surface area contributed by atoms with Gasteiger partial charge in [0.1, 0.15) is 4.34 Å². The highest BCUT2D eigenvalue weighted by Crippen LogP contribution is 2.35. The quantitative estimate of drug-likeness (QED) is 0.785. The minimum absolute atomic E-state index is 0.610. The second-order valence-electron chi connectivity index (χ2n) is 2.71. The lowest BCUT2D eigenvalue weighted by Gasteiger charge is -2.03. The average Bonchev–Trinajstić information content (AvgIpc) is 2.47. The molecule has 0 atom stereocenters. The van der Waals surface area contributed by atoms with E-state index in [-0.39, 0.29) is 0 Å². The number of rotatable bonds is 1. The van der Waals surface area contributed by atoms with E-state index >= 15 is 0 Å². The van der Waals surface area contributed by atoms with Gasteiger partial charge in [-0.25, -0.2) is 0 Å². The van der Waals surface area contributed by atoms with Gasteiger partial charge in [0.05, 0.1) is 5.02 Å². The van der Waals surface area contributed by atoms with Crippen molar-refractivity contribution in [3.8, 4) is 0 Å². The number of halogens is 2. The highest BCUT2D eigenvalue weighted by atomic mass is 35.5. The molecule has 0 aliphatic carbocycles. The summed E-state index contributed by atoms with van der Waals surface area (Å²) < 4.78 is 0.626. The Morgan fingerprint density at radius 2 is 2.00 bits per heavy atom. The van der Waals surface area contributed by atoms with Crippen molar-refractivity contribution in [1.82, 2.24) is 5.32 Å². The Morgan fingerprint density at radius 1 is 1.14 bits per heavy atom. The molecule has 0 unspecified atom stereocenters. The van der Waals surface area contributed by atoms with E-state index < -0.39 is 0 Å². The van der Waals surface area contributed by atoms with Crippen molar-refractivity contribution >= 4 is 40.2 Å². The summed E-state index contributed by atoms with van der Waals surface area (Å²) in [6.45, 7) is 0. The van der Waals surface area contributed by atoms with Gasteiger partial charge in [0.25, 0.3) is 0 Å². The van der Waals surface area contributed by atoms with Crippen molar-refractivity contribution in [1.29, 1.82) is 0 Å². The van der Waals surface area contributed by atoms with Gasteiger partial charge in [0.15, 0.2) is 0 Å². The van der Waals surface area contributed by atoms with Crippen molar-refractivity contribution in [3.63, 3.8) is 0 Å². The molecule has 1 nitrogen and oxygen atoms in total. The molecule has 0 aromatic carbocycles. The predicted octanol–water partition coefficient (Wildman–Crippen LogP) is 4.07. The fourth-order valence-corrected chi connectivity index (χ4v) is 2.40. The fourth-order valence-electron chi connectivity index (χ4n) is 1.13. The molecule has 1 N–H and O–H groups in total. The first-order valence-corrected chi connectivity index (χ1v) is 5.65. The number of hydrogen-bond donors (Lipinski definition) is 1. The van der Waals surface area contributed by atoms with Crippen LogP contribution in [0.2, 0.25) is 9.36 Å². The Balaban J connectivity index is 2.40. The second-order valence-corrected chi connectivity index (χ2v) is 4.57. The molecule has 4 heteroatoms. The van der Waals surface area contributed by atoms with Crippen LogP contribution in [0.1, 0.15) is 5.56 Å². The zero-order valence-corrected chi connectivity index (χ0v) is 9.46. The molecule has 1 aromatic rings. The monoisotopic (exact) mass is 243 g/mol. The molecule has 0 saturated carbocycles. The minimum atomic E-state index is 0.610. The normalized spacial score (nSPS) is 14.9. The Kier molecular flexibility index (Phi) is 2.96. The van der Waals surface area contributed by atoms with E-state index in [0.29, 0.717) is 9.36 Å². The van der Waals surface area contributed by atoms with Crippen LogP contribution in [0.25, 0.3) is 5.70 Å². The van der Waals surface area contributed by atoms with E-state index in [1.807, 2.05) is 35.9 Å². The maximum absolute atomic E-state index is 6.04. The van der Waals surface area contributed by atoms with Crippen LogP contribution in [-0.4, -0.2) is 0 Å². The predicted molar refractivity (Wildman–Crippen MR) is 63.7 cm³/mol. The summed E-state index contributed by atoms with van der Waals surface area (Å²) in [7, 11) is 0. The molecule has 72 valence electrons. The molecule has 1 aromatic heterocycles. The number of allylic oxidation sites excluding steroid dienone is 4. The first-order valence-electron chi connectivity index (χ1n) is 4.02. The van der Waals surface area contributed by atoms with Crippen molar-refractivity contribution in [2.75, 3.05) is 0 Å². The average molecular weight is 244 g/mol. The van der Waals surface area contributed by atoms with Crippen LogP contribution in [0.5, 0.6) is 0 Å². The number of hydrogen-bond acceptors (Lipinski definition) is 2. The third-order valence-electron chi connectivity index (χ3n) is 1.80. The van der Waals surface area contributed by atoms with E-state index in [1.54, 1.807) is 0 Å². The molecule has 0 amide bonds. The van der Waals surface area contributed by atoms with Crippen LogP contribution >= 0.6 is 34.5 Å². The van der Waals surface area contributed by atoms with Crippen molar-refractivity contribution in [3.05, 3.63) is 50.8 Å². The van der Waals surface area contributed by atoms with Crippen LogP contribution in [-0.2, 0) is 0 Å². The standard InChI is InChI=1S/C10H7Cl2NS/c11-9-7(6-14-10(9)12)8-4-2-1-3-5-13-8/h1-6,13H. The molecular weight excluding hydrogens is 237 g/mol. The van der Waals surface area contributed by atoms with Crippen LogP contribution in [0.4, 0.5) is 0 Å². The SMILES string of the molecule is Clc1scc(C2=CC=CC=CN2)c1Cl. The molecule has 0 radical (unpaired) electrons. The third-order valence-corrected chi connectivity index (χ3v) is 3.62. The third kappa shape index (κ3) is 1.87.